The van der Waals surface area contributed by atoms with Crippen LogP contribution < -0.4 is 33.7 Å². The molecule has 0 bridgehead atoms. The van der Waals surface area contributed by atoms with Crippen molar-refractivity contribution in [2.24, 2.45) is 11.8 Å². The molecule has 1 aliphatic rings. The molecule has 0 saturated carbocycles. The van der Waals surface area contributed by atoms with Crippen LogP contribution in [0.2, 0.25) is 0 Å². The molecule has 1 saturated heterocycles. The summed E-state index contributed by atoms with van der Waals surface area (Å²) in [6.45, 7) is 9.11. The smallest absolute Gasteiger partial charge is 0.134 e. The van der Waals surface area contributed by atoms with Gasteiger partial charge in [-0.05, 0) is 52.4 Å². The minimum absolute atomic E-state index is 0.288. The maximum Gasteiger partial charge on any atom is 0.134 e. The Labute approximate surface area is 258 Å². The second kappa shape index (κ2) is 14.1. The third-order valence-electron chi connectivity index (χ3n) is 8.54. The van der Waals surface area contributed by atoms with Gasteiger partial charge in [0.1, 0.15) is 34.5 Å². The van der Waals surface area contributed by atoms with E-state index in [1.54, 1.807) is 42.7 Å². The molecule has 0 aromatic heterocycles. The molecule has 3 aromatic rings. The first-order valence-corrected chi connectivity index (χ1v) is 16.3. The Bertz CT molecular complexity index is 1250. The summed E-state index contributed by atoms with van der Waals surface area (Å²) in [4.78, 5) is 0. The second-order valence-corrected chi connectivity index (χ2v) is 14.3. The van der Waals surface area contributed by atoms with Crippen molar-refractivity contribution in [1.82, 2.24) is 0 Å². The lowest BCUT2D eigenvalue weighted by molar-refractivity contribution is 0.135. The summed E-state index contributed by atoms with van der Waals surface area (Å²) in [7, 11) is 9.15. The van der Waals surface area contributed by atoms with Crippen molar-refractivity contribution < 1.29 is 33.5 Å². The van der Waals surface area contributed by atoms with Gasteiger partial charge in [0.15, 0.2) is 0 Å². The molecule has 43 heavy (non-hydrogen) atoms. The zero-order chi connectivity index (χ0) is 31.4. The van der Waals surface area contributed by atoms with Gasteiger partial charge in [-0.3, -0.25) is 0 Å². The van der Waals surface area contributed by atoms with Gasteiger partial charge in [0.25, 0.3) is 0 Å². The molecule has 0 radical (unpaired) electrons. The number of hydrogen-bond acceptors (Lipinski definition) is 7. The van der Waals surface area contributed by atoms with Gasteiger partial charge in [-0.1, -0.05) is 53.8 Å². The van der Waals surface area contributed by atoms with Gasteiger partial charge >= 0.3 is 0 Å². The summed E-state index contributed by atoms with van der Waals surface area (Å²) in [6, 6.07) is 14.0. The van der Waals surface area contributed by atoms with Crippen LogP contribution in [-0.4, -0.2) is 65.2 Å². The molecular formula is C35H47O7P. The molecule has 234 valence electrons. The highest BCUT2D eigenvalue weighted by Crippen LogP contribution is 2.61. The number of benzene rings is 3. The normalized spacial score (nSPS) is 20.2. The van der Waals surface area contributed by atoms with Crippen molar-refractivity contribution in [1.29, 1.82) is 0 Å². The molecule has 0 aliphatic carbocycles. The van der Waals surface area contributed by atoms with E-state index in [4.69, 9.17) is 28.4 Å². The van der Waals surface area contributed by atoms with Gasteiger partial charge < -0.3 is 33.5 Å². The Morgan fingerprint density at radius 3 is 1.23 bits per heavy atom. The van der Waals surface area contributed by atoms with Crippen molar-refractivity contribution in [3.8, 4) is 56.8 Å². The van der Waals surface area contributed by atoms with E-state index < -0.39 is 7.92 Å². The molecule has 1 aliphatic heterocycles. The largest absolute Gasteiger partial charge is 0.496 e. The first-order valence-electron chi connectivity index (χ1n) is 14.8. The quantitative estimate of drug-likeness (QED) is 0.227. The average molecular weight is 611 g/mol. The maximum absolute atomic E-state index is 11.1. The highest BCUT2D eigenvalue weighted by molar-refractivity contribution is 7.67. The first kappa shape index (κ1) is 32.8. The molecule has 2 atom stereocenters. The molecule has 7 nitrogen and oxygen atoms in total. The van der Waals surface area contributed by atoms with E-state index in [1.807, 2.05) is 24.3 Å². The zero-order valence-electron chi connectivity index (χ0n) is 27.2. The number of methoxy groups -OCH3 is 6. The fraction of sp³-hybridized carbons (Fsp3) is 0.486. The van der Waals surface area contributed by atoms with E-state index in [1.165, 1.54) is 5.30 Å². The Morgan fingerprint density at radius 1 is 0.605 bits per heavy atom. The van der Waals surface area contributed by atoms with Crippen molar-refractivity contribution in [3.05, 3.63) is 42.5 Å². The minimum Gasteiger partial charge on any atom is -0.496 e. The van der Waals surface area contributed by atoms with Gasteiger partial charge in [-0.15, -0.1) is 0 Å². The van der Waals surface area contributed by atoms with Crippen molar-refractivity contribution in [2.45, 2.75) is 58.0 Å². The van der Waals surface area contributed by atoms with Gasteiger partial charge in [0.05, 0.1) is 59.9 Å². The predicted octanol–water partition coefficient (Wildman–Crippen LogP) is 7.38. The van der Waals surface area contributed by atoms with Crippen molar-refractivity contribution >= 4 is 13.2 Å². The number of hydrogen-bond donors (Lipinski definition) is 1. The lowest BCUT2D eigenvalue weighted by atomic mass is 9.95. The van der Waals surface area contributed by atoms with Crippen LogP contribution in [0.25, 0.3) is 22.3 Å². The highest BCUT2D eigenvalue weighted by Gasteiger charge is 2.43. The summed E-state index contributed by atoms with van der Waals surface area (Å²) < 4.78 is 35.2. The topological polar surface area (TPSA) is 75.6 Å². The third-order valence-corrected chi connectivity index (χ3v) is 12.6. The fourth-order valence-electron chi connectivity index (χ4n) is 6.41. The number of aliphatic hydroxyl groups excluding tert-OH is 1. The lowest BCUT2D eigenvalue weighted by Gasteiger charge is -2.46. The van der Waals surface area contributed by atoms with E-state index in [0.29, 0.717) is 46.3 Å². The van der Waals surface area contributed by atoms with Crippen molar-refractivity contribution in [3.63, 3.8) is 0 Å². The van der Waals surface area contributed by atoms with Gasteiger partial charge in [0, 0.05) is 24.3 Å². The number of ether oxygens (including phenoxy) is 6. The summed E-state index contributed by atoms with van der Waals surface area (Å²) in [5, 5.41) is 12.4. The predicted molar refractivity (Wildman–Crippen MR) is 176 cm³/mol. The van der Waals surface area contributed by atoms with E-state index in [9.17, 15) is 5.11 Å². The maximum atomic E-state index is 11.1. The van der Waals surface area contributed by atoms with E-state index in [-0.39, 0.29) is 17.4 Å². The van der Waals surface area contributed by atoms with E-state index in [0.717, 1.165) is 35.1 Å². The van der Waals surface area contributed by atoms with Crippen LogP contribution in [0.3, 0.4) is 0 Å². The van der Waals surface area contributed by atoms with Crippen LogP contribution in [0.15, 0.2) is 42.5 Å². The molecule has 0 spiro atoms. The van der Waals surface area contributed by atoms with Gasteiger partial charge in [-0.25, -0.2) is 0 Å². The summed E-state index contributed by atoms with van der Waals surface area (Å²) >= 11 is 0. The zero-order valence-corrected chi connectivity index (χ0v) is 28.1. The van der Waals surface area contributed by atoms with Crippen molar-refractivity contribution in [2.75, 3.05) is 42.7 Å². The molecule has 2 unspecified atom stereocenters. The minimum atomic E-state index is -0.825. The summed E-state index contributed by atoms with van der Waals surface area (Å²) in [5.74, 6) is 4.69. The highest BCUT2D eigenvalue weighted by atomic mass is 31.1. The first-order chi connectivity index (χ1) is 20.6. The SMILES string of the molecule is COc1cc(OC)c(-c2cccc(-c3c(OC)cc(OC)cc3OC)c2P2C(C(C)C)CC(O)CC2C(C)C)c(OC)c1. The Hall–Kier alpha value is -3.15. The Morgan fingerprint density at radius 2 is 0.953 bits per heavy atom. The number of aliphatic hydroxyl groups is 1. The molecule has 0 amide bonds. The van der Waals surface area contributed by atoms with Crippen LogP contribution in [0.5, 0.6) is 34.5 Å². The molecule has 3 aromatic carbocycles. The van der Waals surface area contributed by atoms with Crippen LogP contribution in [-0.2, 0) is 0 Å². The fourth-order valence-corrected chi connectivity index (χ4v) is 10.7. The number of rotatable bonds is 11. The standard InChI is InChI=1S/C35H47O7P/c1-20(2)31-14-22(36)15-32(21(3)4)43(31)35-25(33-27(39-7)16-23(37-5)17-28(33)40-8)12-11-13-26(35)34-29(41-9)18-24(38-6)19-30(34)42-10/h11-13,16-22,31-32,36H,14-15H2,1-10H3. The monoisotopic (exact) mass is 610 g/mol. The van der Waals surface area contributed by atoms with Gasteiger partial charge in [0.2, 0.25) is 0 Å². The Kier molecular flexibility index (Phi) is 10.7. The molecular weight excluding hydrogens is 563 g/mol. The molecule has 4 rings (SSSR count). The second-order valence-electron chi connectivity index (χ2n) is 11.7. The lowest BCUT2D eigenvalue weighted by Crippen LogP contribution is -2.40. The molecule has 1 heterocycles. The molecule has 1 fully saturated rings. The van der Waals surface area contributed by atoms with E-state index >= 15 is 0 Å². The summed E-state index contributed by atoms with van der Waals surface area (Å²) in [6.07, 6.45) is 1.19. The van der Waals surface area contributed by atoms with Crippen LogP contribution in [0, 0.1) is 11.8 Å². The third kappa shape index (κ3) is 6.39. The molecule has 8 heteroatoms. The summed E-state index contributed by atoms with van der Waals surface area (Å²) in [5.41, 5.74) is 4.38. The van der Waals surface area contributed by atoms with Crippen LogP contribution >= 0.6 is 7.92 Å². The molecule has 1 N–H and O–H groups in total. The van der Waals surface area contributed by atoms with Crippen LogP contribution in [0.4, 0.5) is 0 Å². The van der Waals surface area contributed by atoms with Gasteiger partial charge in [-0.2, -0.15) is 0 Å². The Balaban J connectivity index is 2.21. The van der Waals surface area contributed by atoms with E-state index in [2.05, 4.69) is 45.9 Å². The van der Waals surface area contributed by atoms with Crippen LogP contribution in [0.1, 0.15) is 40.5 Å². The average Bonchev–Trinajstić information content (AvgIpc) is 3.02.